The summed E-state index contributed by atoms with van der Waals surface area (Å²) in [6.07, 6.45) is 3.87. The number of piperidine rings is 1. The average Bonchev–Trinajstić information content (AvgIpc) is 2.51. The van der Waals surface area contributed by atoms with Crippen LogP contribution < -0.4 is 5.32 Å². The zero-order valence-electron chi connectivity index (χ0n) is 13.6. The van der Waals surface area contributed by atoms with Crippen LogP contribution in [0.4, 0.5) is 0 Å². The molecule has 0 spiro atoms. The van der Waals surface area contributed by atoms with Gasteiger partial charge in [-0.25, -0.2) is 0 Å². The van der Waals surface area contributed by atoms with Crippen LogP contribution in [0.2, 0.25) is 5.02 Å². The lowest BCUT2D eigenvalue weighted by Crippen LogP contribution is -2.57. The number of rotatable bonds is 3. The second kappa shape index (κ2) is 7.31. The van der Waals surface area contributed by atoms with Gasteiger partial charge in [0.25, 0.3) is 0 Å². The molecule has 2 heterocycles. The summed E-state index contributed by atoms with van der Waals surface area (Å²) >= 11 is 6.00. The molecule has 3 nitrogen and oxygen atoms in total. The van der Waals surface area contributed by atoms with Gasteiger partial charge in [-0.15, -0.1) is 0 Å². The van der Waals surface area contributed by atoms with Crippen molar-refractivity contribution in [2.75, 3.05) is 19.7 Å². The third-order valence-electron chi connectivity index (χ3n) is 4.96. The first kappa shape index (κ1) is 16.3. The highest BCUT2D eigenvalue weighted by molar-refractivity contribution is 6.30. The molecule has 2 fully saturated rings. The van der Waals surface area contributed by atoms with Crippen LogP contribution in [0.15, 0.2) is 24.3 Å². The van der Waals surface area contributed by atoms with Gasteiger partial charge in [-0.3, -0.25) is 4.90 Å². The van der Waals surface area contributed by atoms with E-state index in [1.165, 1.54) is 18.4 Å². The van der Waals surface area contributed by atoms with E-state index in [0.29, 0.717) is 24.2 Å². The molecule has 0 radical (unpaired) electrons. The molecule has 0 amide bonds. The largest absolute Gasteiger partial charge is 0.376 e. The Morgan fingerprint density at radius 3 is 2.77 bits per heavy atom. The third kappa shape index (κ3) is 4.02. The summed E-state index contributed by atoms with van der Waals surface area (Å²) in [4.78, 5) is 2.71. The van der Waals surface area contributed by atoms with Crippen molar-refractivity contribution in [3.63, 3.8) is 0 Å². The number of nitrogens with one attached hydrogen (secondary N) is 1. The van der Waals surface area contributed by atoms with Crippen molar-refractivity contribution < 1.29 is 4.74 Å². The normalized spacial score (nSPS) is 33.8. The summed E-state index contributed by atoms with van der Waals surface area (Å²) in [5, 5.41) is 4.37. The highest BCUT2D eigenvalue weighted by Crippen LogP contribution is 2.25. The van der Waals surface area contributed by atoms with Crippen LogP contribution in [-0.4, -0.2) is 48.8 Å². The molecular weight excluding hydrogens is 296 g/mol. The second-order valence-electron chi connectivity index (χ2n) is 6.86. The Kier molecular flexibility index (Phi) is 5.40. The molecule has 0 aliphatic carbocycles. The highest BCUT2D eigenvalue weighted by atomic mass is 35.5. The maximum Gasteiger partial charge on any atom is 0.0674 e. The van der Waals surface area contributed by atoms with Gasteiger partial charge in [0.2, 0.25) is 0 Å². The van der Waals surface area contributed by atoms with Crippen LogP contribution in [0.5, 0.6) is 0 Å². The topological polar surface area (TPSA) is 24.5 Å². The lowest BCUT2D eigenvalue weighted by Gasteiger charge is -2.46. The van der Waals surface area contributed by atoms with E-state index in [9.17, 15) is 0 Å². The lowest BCUT2D eigenvalue weighted by atomic mass is 9.94. The quantitative estimate of drug-likeness (QED) is 0.925. The van der Waals surface area contributed by atoms with Gasteiger partial charge in [-0.2, -0.15) is 0 Å². The first-order valence-electron chi connectivity index (χ1n) is 8.47. The Hall–Kier alpha value is -0.610. The van der Waals surface area contributed by atoms with E-state index < -0.39 is 0 Å². The predicted octanol–water partition coefficient (Wildman–Crippen LogP) is 3.11. The molecule has 0 saturated carbocycles. The molecule has 3 rings (SSSR count). The minimum Gasteiger partial charge on any atom is -0.376 e. The van der Waals surface area contributed by atoms with Gasteiger partial charge in [0.1, 0.15) is 0 Å². The van der Waals surface area contributed by atoms with E-state index in [4.69, 9.17) is 16.3 Å². The smallest absolute Gasteiger partial charge is 0.0674 e. The van der Waals surface area contributed by atoms with Crippen molar-refractivity contribution in [1.82, 2.24) is 10.2 Å². The van der Waals surface area contributed by atoms with Crippen LogP contribution in [-0.2, 0) is 11.2 Å². The predicted molar refractivity (Wildman–Crippen MR) is 91.6 cm³/mol. The van der Waals surface area contributed by atoms with Gasteiger partial charge in [-0.05, 0) is 57.4 Å². The van der Waals surface area contributed by atoms with E-state index >= 15 is 0 Å². The van der Waals surface area contributed by atoms with Gasteiger partial charge in [0.15, 0.2) is 0 Å². The van der Waals surface area contributed by atoms with Crippen LogP contribution in [0.25, 0.3) is 0 Å². The molecule has 2 aliphatic rings. The summed E-state index contributed by atoms with van der Waals surface area (Å²) in [6, 6.07) is 10.0. The van der Waals surface area contributed by atoms with Crippen molar-refractivity contribution in [2.24, 2.45) is 0 Å². The van der Waals surface area contributed by atoms with E-state index in [0.717, 1.165) is 31.1 Å². The zero-order valence-corrected chi connectivity index (χ0v) is 14.4. The lowest BCUT2D eigenvalue weighted by molar-refractivity contribution is -0.0770. The molecule has 0 bridgehead atoms. The number of morpholine rings is 1. The standard InChI is InChI=1S/C18H27ClN2O/c1-13-9-17(7-8-20-13)21-11-14(2)22-12-18(21)10-15-3-5-16(19)6-4-15/h3-6,13-14,17-18,20H,7-12H2,1-2H3/t13?,14-,17?,18-/m0/s1. The second-order valence-corrected chi connectivity index (χ2v) is 7.29. The molecule has 1 aromatic carbocycles. The fraction of sp³-hybridized carbons (Fsp3) is 0.667. The molecule has 0 aromatic heterocycles. The van der Waals surface area contributed by atoms with Crippen molar-refractivity contribution in [2.45, 2.75) is 57.3 Å². The Bertz CT molecular complexity index is 478. The average molecular weight is 323 g/mol. The molecule has 2 unspecified atom stereocenters. The molecule has 2 aliphatic heterocycles. The van der Waals surface area contributed by atoms with E-state index in [-0.39, 0.29) is 0 Å². The summed E-state index contributed by atoms with van der Waals surface area (Å²) in [5.41, 5.74) is 1.35. The maximum atomic E-state index is 6.00. The molecule has 22 heavy (non-hydrogen) atoms. The highest BCUT2D eigenvalue weighted by Gasteiger charge is 2.34. The molecule has 4 atom stereocenters. The van der Waals surface area contributed by atoms with Crippen molar-refractivity contribution in [1.29, 1.82) is 0 Å². The molecule has 4 heteroatoms. The van der Waals surface area contributed by atoms with E-state index in [2.05, 4.69) is 36.2 Å². The fourth-order valence-electron chi connectivity index (χ4n) is 3.79. The summed E-state index contributed by atoms with van der Waals surface area (Å²) in [5.74, 6) is 0. The molecule has 122 valence electrons. The van der Waals surface area contributed by atoms with Crippen LogP contribution in [0.1, 0.15) is 32.3 Å². The number of hydrogen-bond donors (Lipinski definition) is 1. The van der Waals surface area contributed by atoms with E-state index in [1.807, 2.05) is 12.1 Å². The monoisotopic (exact) mass is 322 g/mol. The number of halogens is 1. The maximum absolute atomic E-state index is 6.00. The van der Waals surface area contributed by atoms with Crippen molar-refractivity contribution in [3.05, 3.63) is 34.9 Å². The van der Waals surface area contributed by atoms with Crippen LogP contribution >= 0.6 is 11.6 Å². The summed E-state index contributed by atoms with van der Waals surface area (Å²) in [7, 11) is 0. The fourth-order valence-corrected chi connectivity index (χ4v) is 3.92. The van der Waals surface area contributed by atoms with Gasteiger partial charge >= 0.3 is 0 Å². The number of nitrogens with zero attached hydrogens (tertiary/aromatic N) is 1. The van der Waals surface area contributed by atoms with Gasteiger partial charge in [0.05, 0.1) is 12.7 Å². The minimum absolute atomic E-state index is 0.339. The number of hydrogen-bond acceptors (Lipinski definition) is 3. The zero-order chi connectivity index (χ0) is 15.5. The Balaban J connectivity index is 1.70. The van der Waals surface area contributed by atoms with Gasteiger partial charge < -0.3 is 10.1 Å². The van der Waals surface area contributed by atoms with Gasteiger partial charge in [-0.1, -0.05) is 23.7 Å². The van der Waals surface area contributed by atoms with Gasteiger partial charge in [0, 0.05) is 29.7 Å². The van der Waals surface area contributed by atoms with Crippen LogP contribution in [0, 0.1) is 0 Å². The summed E-state index contributed by atoms with van der Waals surface area (Å²) < 4.78 is 5.95. The molecule has 1 N–H and O–H groups in total. The van der Waals surface area contributed by atoms with E-state index in [1.54, 1.807) is 0 Å². The van der Waals surface area contributed by atoms with Crippen molar-refractivity contribution in [3.8, 4) is 0 Å². The number of ether oxygens (including phenoxy) is 1. The number of benzene rings is 1. The first-order valence-corrected chi connectivity index (χ1v) is 8.85. The Labute approximate surface area is 139 Å². The SMILES string of the molecule is CC1CC(N2C[C@H](C)OC[C@@H]2Cc2ccc(Cl)cc2)CCN1. The molecule has 1 aromatic rings. The Morgan fingerprint density at radius 2 is 2.05 bits per heavy atom. The first-order chi connectivity index (χ1) is 10.6. The summed E-state index contributed by atoms with van der Waals surface area (Å²) in [6.45, 7) is 7.50. The molecule has 2 saturated heterocycles. The minimum atomic E-state index is 0.339. The van der Waals surface area contributed by atoms with Crippen molar-refractivity contribution >= 4 is 11.6 Å². The Morgan fingerprint density at radius 1 is 1.27 bits per heavy atom. The van der Waals surface area contributed by atoms with Crippen LogP contribution in [0.3, 0.4) is 0 Å². The third-order valence-corrected chi connectivity index (χ3v) is 5.21. The molecular formula is C18H27ClN2O.